The number of nitrogens with one attached hydrogen (secondary N) is 2. The van der Waals surface area contributed by atoms with E-state index in [4.69, 9.17) is 0 Å². The monoisotopic (exact) mass is 208 g/mol. The molecule has 1 aliphatic heterocycles. The van der Waals surface area contributed by atoms with Gasteiger partial charge < -0.3 is 10.2 Å². The highest BCUT2D eigenvalue weighted by Gasteiger charge is 2.29. The van der Waals surface area contributed by atoms with Gasteiger partial charge in [-0.05, 0) is 13.8 Å². The van der Waals surface area contributed by atoms with E-state index in [1.54, 1.807) is 0 Å². The molecule has 0 saturated carbocycles. The van der Waals surface area contributed by atoms with Gasteiger partial charge in [-0.3, -0.25) is 14.7 Å². The third kappa shape index (κ3) is 1.58. The molecule has 2 N–H and O–H groups in total. The number of nitrogens with zero attached hydrogens (tertiary/aromatic N) is 2. The van der Waals surface area contributed by atoms with Crippen molar-refractivity contribution >= 4 is 17.5 Å². The van der Waals surface area contributed by atoms with E-state index in [-0.39, 0.29) is 24.4 Å². The number of rotatable bonds is 1. The second kappa shape index (κ2) is 3.38. The minimum atomic E-state index is -0.198. The molecular weight excluding hydrogens is 196 g/mol. The standard InChI is InChI=1S/C9H12N4O2/c1-5(2)13-4-7(14)11-6-3-10-12-8(6)9(13)15/h3,5H,4H2,1-2H3,(H,10,12)(H,11,14). The van der Waals surface area contributed by atoms with Crippen molar-refractivity contribution < 1.29 is 9.59 Å². The smallest absolute Gasteiger partial charge is 0.274 e. The molecule has 2 heterocycles. The molecule has 2 amide bonds. The zero-order chi connectivity index (χ0) is 11.0. The summed E-state index contributed by atoms with van der Waals surface area (Å²) in [7, 11) is 0. The van der Waals surface area contributed by atoms with Crippen molar-refractivity contribution in [1.82, 2.24) is 15.1 Å². The highest BCUT2D eigenvalue weighted by molar-refractivity contribution is 6.07. The van der Waals surface area contributed by atoms with Gasteiger partial charge in [0.15, 0.2) is 0 Å². The van der Waals surface area contributed by atoms with Gasteiger partial charge in [-0.15, -0.1) is 0 Å². The largest absolute Gasteiger partial charge is 0.326 e. The van der Waals surface area contributed by atoms with Crippen LogP contribution in [0.2, 0.25) is 0 Å². The number of carbonyl (C=O) groups is 2. The number of H-pyrrole nitrogens is 1. The number of anilines is 1. The van der Waals surface area contributed by atoms with Crippen LogP contribution in [0.15, 0.2) is 6.20 Å². The average molecular weight is 208 g/mol. The highest BCUT2D eigenvalue weighted by atomic mass is 16.2. The van der Waals surface area contributed by atoms with E-state index in [0.29, 0.717) is 11.4 Å². The molecular formula is C9H12N4O2. The summed E-state index contributed by atoms with van der Waals surface area (Å²) in [5, 5.41) is 8.96. The van der Waals surface area contributed by atoms with E-state index in [9.17, 15) is 9.59 Å². The fourth-order valence-electron chi connectivity index (χ4n) is 1.52. The van der Waals surface area contributed by atoms with Crippen LogP contribution in [0.1, 0.15) is 24.3 Å². The van der Waals surface area contributed by atoms with Gasteiger partial charge in [-0.2, -0.15) is 5.10 Å². The van der Waals surface area contributed by atoms with E-state index in [0.717, 1.165) is 0 Å². The lowest BCUT2D eigenvalue weighted by Crippen LogP contribution is -2.40. The number of hydrogen-bond acceptors (Lipinski definition) is 3. The maximum atomic E-state index is 11.9. The summed E-state index contributed by atoms with van der Waals surface area (Å²) >= 11 is 0. The number of hydrogen-bond donors (Lipinski definition) is 2. The van der Waals surface area contributed by atoms with Gasteiger partial charge in [0, 0.05) is 6.04 Å². The van der Waals surface area contributed by atoms with Gasteiger partial charge in [0.1, 0.15) is 12.2 Å². The van der Waals surface area contributed by atoms with Crippen LogP contribution in [0.3, 0.4) is 0 Å². The fourth-order valence-corrected chi connectivity index (χ4v) is 1.52. The van der Waals surface area contributed by atoms with Crippen LogP contribution in [0.25, 0.3) is 0 Å². The first kappa shape index (κ1) is 9.70. The van der Waals surface area contributed by atoms with Crippen LogP contribution in [0.5, 0.6) is 0 Å². The second-order valence-electron chi connectivity index (χ2n) is 3.73. The second-order valence-corrected chi connectivity index (χ2v) is 3.73. The van der Waals surface area contributed by atoms with Gasteiger partial charge in [0.2, 0.25) is 5.91 Å². The minimum absolute atomic E-state index is 0.0162. The van der Waals surface area contributed by atoms with E-state index < -0.39 is 0 Å². The molecule has 0 radical (unpaired) electrons. The third-order valence-electron chi connectivity index (χ3n) is 2.33. The normalized spacial score (nSPS) is 16.3. The zero-order valence-electron chi connectivity index (χ0n) is 8.57. The molecule has 0 atom stereocenters. The third-order valence-corrected chi connectivity index (χ3v) is 2.33. The summed E-state index contributed by atoms with van der Waals surface area (Å²) in [6.45, 7) is 3.82. The van der Waals surface area contributed by atoms with E-state index in [1.807, 2.05) is 13.8 Å². The van der Waals surface area contributed by atoms with Crippen molar-refractivity contribution in [2.75, 3.05) is 11.9 Å². The van der Waals surface area contributed by atoms with E-state index in [2.05, 4.69) is 15.5 Å². The maximum Gasteiger partial charge on any atom is 0.274 e. The molecule has 0 aromatic carbocycles. The molecule has 0 aliphatic carbocycles. The molecule has 6 heteroatoms. The Hall–Kier alpha value is -1.85. The van der Waals surface area contributed by atoms with Gasteiger partial charge in [-0.1, -0.05) is 0 Å². The molecule has 2 rings (SSSR count). The summed E-state index contributed by atoms with van der Waals surface area (Å²) in [5.41, 5.74) is 0.794. The summed E-state index contributed by atoms with van der Waals surface area (Å²) in [6.07, 6.45) is 1.44. The Morgan fingerprint density at radius 1 is 1.47 bits per heavy atom. The zero-order valence-corrected chi connectivity index (χ0v) is 8.57. The number of aromatic nitrogens is 2. The first-order valence-corrected chi connectivity index (χ1v) is 4.74. The minimum Gasteiger partial charge on any atom is -0.326 e. The lowest BCUT2D eigenvalue weighted by Gasteiger charge is -2.23. The van der Waals surface area contributed by atoms with E-state index >= 15 is 0 Å². The maximum absolute atomic E-state index is 11.9. The van der Waals surface area contributed by atoms with Crippen molar-refractivity contribution in [3.63, 3.8) is 0 Å². The number of amides is 2. The van der Waals surface area contributed by atoms with Gasteiger partial charge in [0.25, 0.3) is 5.91 Å². The lowest BCUT2D eigenvalue weighted by atomic mass is 10.2. The molecule has 0 unspecified atom stereocenters. The molecule has 80 valence electrons. The molecule has 1 aromatic heterocycles. The summed E-state index contributed by atoms with van der Waals surface area (Å²) in [4.78, 5) is 24.9. The summed E-state index contributed by atoms with van der Waals surface area (Å²) in [5.74, 6) is -0.395. The van der Waals surface area contributed by atoms with Crippen molar-refractivity contribution in [1.29, 1.82) is 0 Å². The van der Waals surface area contributed by atoms with Gasteiger partial charge >= 0.3 is 0 Å². The van der Waals surface area contributed by atoms with Crippen LogP contribution in [-0.4, -0.2) is 39.5 Å². The summed E-state index contributed by atoms with van der Waals surface area (Å²) in [6, 6.07) is -0.0162. The molecule has 0 fully saturated rings. The van der Waals surface area contributed by atoms with Crippen molar-refractivity contribution in [2.45, 2.75) is 19.9 Å². The van der Waals surface area contributed by atoms with Crippen LogP contribution in [0, 0.1) is 0 Å². The van der Waals surface area contributed by atoms with Crippen LogP contribution in [-0.2, 0) is 4.79 Å². The average Bonchev–Trinajstić information content (AvgIpc) is 2.56. The van der Waals surface area contributed by atoms with Gasteiger partial charge in [0.05, 0.1) is 11.9 Å². The fraction of sp³-hybridized carbons (Fsp3) is 0.444. The Labute approximate surface area is 86.6 Å². The Bertz CT molecular complexity index is 410. The molecule has 6 nitrogen and oxygen atoms in total. The van der Waals surface area contributed by atoms with Crippen LogP contribution >= 0.6 is 0 Å². The van der Waals surface area contributed by atoms with Crippen LogP contribution < -0.4 is 5.32 Å². The quantitative estimate of drug-likeness (QED) is 0.692. The summed E-state index contributed by atoms with van der Waals surface area (Å²) < 4.78 is 0. The van der Waals surface area contributed by atoms with Crippen molar-refractivity contribution in [3.05, 3.63) is 11.9 Å². The predicted octanol–water partition coefficient (Wildman–Crippen LogP) is 0.212. The van der Waals surface area contributed by atoms with Crippen molar-refractivity contribution in [3.8, 4) is 0 Å². The lowest BCUT2D eigenvalue weighted by molar-refractivity contribution is -0.117. The molecule has 1 aromatic rings. The molecule has 0 saturated heterocycles. The SMILES string of the molecule is CC(C)N1CC(=O)Nc2cn[nH]c2C1=O. The Kier molecular flexibility index (Phi) is 2.18. The first-order valence-electron chi connectivity index (χ1n) is 4.74. The Morgan fingerprint density at radius 3 is 2.87 bits per heavy atom. The number of carbonyl (C=O) groups excluding carboxylic acids is 2. The Morgan fingerprint density at radius 2 is 2.20 bits per heavy atom. The molecule has 0 bridgehead atoms. The number of aromatic amines is 1. The van der Waals surface area contributed by atoms with Crippen LogP contribution in [0.4, 0.5) is 5.69 Å². The van der Waals surface area contributed by atoms with Crippen molar-refractivity contribution in [2.24, 2.45) is 0 Å². The van der Waals surface area contributed by atoms with E-state index in [1.165, 1.54) is 11.1 Å². The molecule has 15 heavy (non-hydrogen) atoms. The Balaban J connectivity index is 2.42. The first-order chi connectivity index (χ1) is 7.09. The molecule has 0 spiro atoms. The van der Waals surface area contributed by atoms with Gasteiger partial charge in [-0.25, -0.2) is 0 Å². The topological polar surface area (TPSA) is 78.1 Å². The predicted molar refractivity (Wildman–Crippen MR) is 53.4 cm³/mol. The number of fused-ring (bicyclic) bond motifs is 1. The highest BCUT2D eigenvalue weighted by Crippen LogP contribution is 2.18. The molecule has 1 aliphatic rings.